The minimum atomic E-state index is 0.813. The normalized spacial score (nSPS) is 15.1. The quantitative estimate of drug-likeness (QED) is 0.0644. The van der Waals surface area contributed by atoms with Crippen LogP contribution in [-0.4, -0.2) is 0 Å². The van der Waals surface area contributed by atoms with Crippen molar-refractivity contribution in [3.05, 3.63) is 33.9 Å². The molecule has 0 spiro atoms. The van der Waals surface area contributed by atoms with Gasteiger partial charge in [-0.1, -0.05) is 206 Å². The van der Waals surface area contributed by atoms with Crippen LogP contribution in [0, 0.1) is 59.2 Å². The maximum Gasteiger partial charge on any atom is -0.0271 e. The Kier molecular flexibility index (Phi) is 29.6. The lowest BCUT2D eigenvalue weighted by Gasteiger charge is -2.27. The highest BCUT2D eigenvalue weighted by Gasteiger charge is 2.22. The first-order chi connectivity index (χ1) is 26.5. The van der Waals surface area contributed by atoms with E-state index in [4.69, 9.17) is 0 Å². The van der Waals surface area contributed by atoms with E-state index in [-0.39, 0.29) is 0 Å². The van der Waals surface area contributed by atoms with Crippen LogP contribution in [0.1, 0.15) is 260 Å². The molecule has 0 aliphatic heterocycles. The van der Waals surface area contributed by atoms with Crippen molar-refractivity contribution in [3.63, 3.8) is 0 Å². The third-order valence-electron chi connectivity index (χ3n) is 13.7. The molecule has 1 aromatic rings. The summed E-state index contributed by atoms with van der Waals surface area (Å²) in [6.07, 6.45) is 34.2. The molecule has 0 fully saturated rings. The van der Waals surface area contributed by atoms with E-state index in [2.05, 4.69) is 110 Å². The predicted molar refractivity (Wildman–Crippen MR) is 257 cm³/mol. The van der Waals surface area contributed by atoms with Crippen LogP contribution in [0.2, 0.25) is 0 Å². The highest BCUT2D eigenvalue weighted by molar-refractivity contribution is 5.47. The van der Waals surface area contributed by atoms with E-state index in [0.29, 0.717) is 0 Å². The summed E-state index contributed by atoms with van der Waals surface area (Å²) in [6, 6.07) is 2.84. The number of rotatable bonds is 35. The third-order valence-corrected chi connectivity index (χ3v) is 13.7. The molecule has 1 aromatic carbocycles. The van der Waals surface area contributed by atoms with E-state index >= 15 is 0 Å². The first-order valence-electron chi connectivity index (χ1n) is 25.6. The molecule has 1 rings (SSSR count). The second-order valence-electron chi connectivity index (χ2n) is 22.5. The van der Waals surface area contributed by atoms with Gasteiger partial charge in [0.25, 0.3) is 0 Å². The Morgan fingerprint density at radius 3 is 0.696 bits per heavy atom. The average molecular weight is 779 g/mol. The minimum Gasteiger partial charge on any atom is -0.0628 e. The monoisotopic (exact) mass is 779 g/mol. The van der Waals surface area contributed by atoms with Crippen molar-refractivity contribution in [1.82, 2.24) is 0 Å². The third kappa shape index (κ3) is 26.3. The molecule has 0 saturated carbocycles. The highest BCUT2D eigenvalue weighted by Crippen LogP contribution is 2.35. The standard InChI is InChI=1S/C56H106/c1-42(2)21-16-26-47(11)31-36-52-41-53(37-32-48(12)27-17-22-43(3)4)55(39-34-50(14)29-19-24-45(7)8)56(40-35-51(15)30-20-25-46(9)10)54(52)38-33-49(13)28-18-23-44(5)6/h41-51H,16-40H2,1-15H3. The van der Waals surface area contributed by atoms with Gasteiger partial charge in [0.15, 0.2) is 0 Å². The summed E-state index contributed by atoms with van der Waals surface area (Å²) < 4.78 is 0. The number of hydrogen-bond acceptors (Lipinski definition) is 0. The van der Waals surface area contributed by atoms with Crippen LogP contribution in [0.3, 0.4) is 0 Å². The Morgan fingerprint density at radius 1 is 0.250 bits per heavy atom. The zero-order valence-corrected chi connectivity index (χ0v) is 41.5. The molecule has 0 N–H and O–H groups in total. The summed E-state index contributed by atoms with van der Waals surface area (Å²) in [6.45, 7) is 36.8. The van der Waals surface area contributed by atoms with Gasteiger partial charge in [-0.2, -0.15) is 0 Å². The molecule has 5 unspecified atom stereocenters. The lowest BCUT2D eigenvalue weighted by Crippen LogP contribution is -2.14. The molecule has 5 atom stereocenters. The topological polar surface area (TPSA) is 0 Å². The number of benzene rings is 1. The molecular formula is C56H106. The molecule has 330 valence electrons. The van der Waals surface area contributed by atoms with Gasteiger partial charge >= 0.3 is 0 Å². The van der Waals surface area contributed by atoms with Crippen molar-refractivity contribution in [2.75, 3.05) is 0 Å². The van der Waals surface area contributed by atoms with Crippen LogP contribution in [0.4, 0.5) is 0 Å². The Balaban J connectivity index is 3.69. The van der Waals surface area contributed by atoms with E-state index in [1.165, 1.54) is 161 Å². The average Bonchev–Trinajstić information content (AvgIpc) is 3.10. The van der Waals surface area contributed by atoms with Crippen LogP contribution < -0.4 is 0 Å². The SMILES string of the molecule is CC(C)CCCC(C)CCc1cc(CCC(C)CCCC(C)C)c(CCC(C)CCCC(C)C)c(CCC(C)CCCC(C)C)c1CCC(C)CCCC(C)C. The maximum absolute atomic E-state index is 2.84. The summed E-state index contributed by atoms with van der Waals surface area (Å²) in [4.78, 5) is 0. The van der Waals surface area contributed by atoms with Gasteiger partial charge in [0.1, 0.15) is 0 Å². The van der Waals surface area contributed by atoms with E-state index < -0.39 is 0 Å². The second-order valence-corrected chi connectivity index (χ2v) is 22.5. The van der Waals surface area contributed by atoms with Crippen molar-refractivity contribution in [3.8, 4) is 0 Å². The first kappa shape index (κ1) is 53.2. The van der Waals surface area contributed by atoms with Gasteiger partial charge < -0.3 is 0 Å². The van der Waals surface area contributed by atoms with Crippen LogP contribution in [0.5, 0.6) is 0 Å². The first-order valence-corrected chi connectivity index (χ1v) is 25.6. The van der Waals surface area contributed by atoms with Crippen molar-refractivity contribution in [2.45, 2.75) is 264 Å². The molecule has 0 bridgehead atoms. The summed E-state index contributed by atoms with van der Waals surface area (Å²) in [5, 5.41) is 0. The van der Waals surface area contributed by atoms with E-state index in [0.717, 1.165) is 59.2 Å². The van der Waals surface area contributed by atoms with E-state index in [1.807, 2.05) is 16.7 Å². The van der Waals surface area contributed by atoms with Gasteiger partial charge in [-0.3, -0.25) is 0 Å². The summed E-state index contributed by atoms with van der Waals surface area (Å²) in [5.41, 5.74) is 9.07. The van der Waals surface area contributed by atoms with Crippen LogP contribution in [-0.2, 0) is 32.1 Å². The smallest absolute Gasteiger partial charge is 0.0271 e. The fourth-order valence-corrected chi connectivity index (χ4v) is 9.40. The van der Waals surface area contributed by atoms with Crippen molar-refractivity contribution in [1.29, 1.82) is 0 Å². The fraction of sp³-hybridized carbons (Fsp3) is 0.893. The maximum atomic E-state index is 2.84. The number of hydrogen-bond donors (Lipinski definition) is 0. The molecule has 0 heterocycles. The molecule has 0 aromatic heterocycles. The van der Waals surface area contributed by atoms with Gasteiger partial charge in [0, 0.05) is 0 Å². The molecule has 56 heavy (non-hydrogen) atoms. The fourth-order valence-electron chi connectivity index (χ4n) is 9.40. The van der Waals surface area contributed by atoms with Gasteiger partial charge in [-0.05, 0) is 151 Å². The van der Waals surface area contributed by atoms with E-state index in [1.54, 1.807) is 11.1 Å². The van der Waals surface area contributed by atoms with Crippen molar-refractivity contribution < 1.29 is 0 Å². The molecule has 0 nitrogen and oxygen atoms in total. The molecule has 0 heteroatoms. The molecule has 0 amide bonds. The zero-order valence-electron chi connectivity index (χ0n) is 41.5. The minimum absolute atomic E-state index is 0.813. The summed E-state index contributed by atoms with van der Waals surface area (Å²) >= 11 is 0. The molecule has 0 saturated heterocycles. The Labute approximate surface area is 356 Å². The molecule has 0 aliphatic carbocycles. The van der Waals surface area contributed by atoms with Crippen LogP contribution in [0.25, 0.3) is 0 Å². The predicted octanol–water partition coefficient (Wildman–Crippen LogP) is 18.7. The zero-order chi connectivity index (χ0) is 42.0. The van der Waals surface area contributed by atoms with Crippen LogP contribution in [0.15, 0.2) is 6.07 Å². The molecular weight excluding hydrogens is 673 g/mol. The Bertz CT molecular complexity index is 1000. The lowest BCUT2D eigenvalue weighted by atomic mass is 9.79. The van der Waals surface area contributed by atoms with Crippen LogP contribution >= 0.6 is 0 Å². The summed E-state index contributed by atoms with van der Waals surface area (Å²) in [7, 11) is 0. The second kappa shape index (κ2) is 31.1. The Hall–Kier alpha value is -0.780. The summed E-state index contributed by atoms with van der Waals surface area (Å²) in [5.74, 6) is 8.20. The van der Waals surface area contributed by atoms with E-state index in [9.17, 15) is 0 Å². The molecule has 0 radical (unpaired) electrons. The van der Waals surface area contributed by atoms with Crippen molar-refractivity contribution in [2.24, 2.45) is 59.2 Å². The molecule has 0 aliphatic rings. The number of aryl methyl sites for hydroxylation is 2. The largest absolute Gasteiger partial charge is 0.0628 e. The van der Waals surface area contributed by atoms with Gasteiger partial charge in [-0.25, -0.2) is 0 Å². The van der Waals surface area contributed by atoms with Crippen molar-refractivity contribution >= 4 is 0 Å². The highest BCUT2D eigenvalue weighted by atomic mass is 14.3. The lowest BCUT2D eigenvalue weighted by molar-refractivity contribution is 0.424. The van der Waals surface area contributed by atoms with Gasteiger partial charge in [0.2, 0.25) is 0 Å². The van der Waals surface area contributed by atoms with Gasteiger partial charge in [-0.15, -0.1) is 0 Å². The Morgan fingerprint density at radius 2 is 0.464 bits per heavy atom. The van der Waals surface area contributed by atoms with Gasteiger partial charge in [0.05, 0.1) is 0 Å².